The van der Waals surface area contributed by atoms with E-state index in [1.54, 1.807) is 75.5 Å². The quantitative estimate of drug-likeness (QED) is 0.219. The van der Waals surface area contributed by atoms with E-state index in [9.17, 15) is 14.4 Å². The number of esters is 1. The highest BCUT2D eigenvalue weighted by Gasteiger charge is 2.30. The van der Waals surface area contributed by atoms with Crippen molar-refractivity contribution >= 4 is 28.9 Å². The van der Waals surface area contributed by atoms with Gasteiger partial charge in [-0.3, -0.25) is 4.79 Å². The fraction of sp³-hybridized carbons (Fsp3) is 0.273. The smallest absolute Gasteiger partial charge is 0.408 e. The van der Waals surface area contributed by atoms with Crippen molar-refractivity contribution in [3.8, 4) is 17.6 Å². The maximum atomic E-state index is 13.6. The lowest BCUT2D eigenvalue weighted by molar-refractivity contribution is -0.145. The summed E-state index contributed by atoms with van der Waals surface area (Å²) in [6, 6.07) is 21.4. The molecule has 0 aliphatic carbocycles. The molecule has 4 rings (SSSR count). The highest BCUT2D eigenvalue weighted by Crippen LogP contribution is 2.23. The number of methoxy groups -OCH3 is 1. The van der Waals surface area contributed by atoms with Crippen molar-refractivity contribution in [2.45, 2.75) is 51.3 Å². The lowest BCUT2D eigenvalue weighted by atomic mass is 10.0. The predicted molar refractivity (Wildman–Crippen MR) is 160 cm³/mol. The van der Waals surface area contributed by atoms with E-state index in [0.717, 1.165) is 22.0 Å². The van der Waals surface area contributed by atoms with Crippen LogP contribution in [0.5, 0.6) is 11.5 Å². The third-order valence-electron chi connectivity index (χ3n) is 6.49. The minimum Gasteiger partial charge on any atom is -0.467 e. The number of rotatable bonds is 10. The van der Waals surface area contributed by atoms with Gasteiger partial charge in [0.2, 0.25) is 5.91 Å². The molecule has 0 unspecified atom stereocenters. The van der Waals surface area contributed by atoms with Gasteiger partial charge in [0.25, 0.3) is 0 Å². The van der Waals surface area contributed by atoms with Crippen LogP contribution in [0.4, 0.5) is 4.79 Å². The summed E-state index contributed by atoms with van der Waals surface area (Å²) in [6.45, 7) is 5.19. The van der Waals surface area contributed by atoms with Gasteiger partial charge in [-0.1, -0.05) is 30.3 Å². The molecule has 10 nitrogen and oxygen atoms in total. The Bertz CT molecular complexity index is 1610. The molecule has 0 aliphatic rings. The van der Waals surface area contributed by atoms with E-state index >= 15 is 0 Å². The maximum Gasteiger partial charge on any atom is 0.408 e. The number of carbonyl (C=O) groups excluding carboxylic acids is 3. The number of nitriles is 1. The molecule has 222 valence electrons. The number of aromatic nitrogens is 1. The second kappa shape index (κ2) is 13.6. The van der Waals surface area contributed by atoms with Crippen molar-refractivity contribution in [3.05, 3.63) is 95.7 Å². The number of para-hydroxylation sites is 1. The van der Waals surface area contributed by atoms with Crippen LogP contribution in [0.2, 0.25) is 0 Å². The van der Waals surface area contributed by atoms with Crippen LogP contribution in [0.25, 0.3) is 10.9 Å². The lowest BCUT2D eigenvalue weighted by Gasteiger charge is -2.25. The number of aromatic amines is 1. The first-order valence-corrected chi connectivity index (χ1v) is 13.7. The van der Waals surface area contributed by atoms with Gasteiger partial charge in [0.15, 0.2) is 0 Å². The summed E-state index contributed by atoms with van der Waals surface area (Å²) < 4.78 is 16.2. The van der Waals surface area contributed by atoms with Crippen molar-refractivity contribution in [1.82, 2.24) is 15.6 Å². The molecule has 3 N–H and O–H groups in total. The molecule has 0 saturated heterocycles. The van der Waals surface area contributed by atoms with Gasteiger partial charge in [0.05, 0.1) is 18.7 Å². The average Bonchev–Trinajstić information content (AvgIpc) is 3.39. The number of H-pyrrole nitrogens is 1. The minimum atomic E-state index is -1.04. The van der Waals surface area contributed by atoms with Gasteiger partial charge in [-0.25, -0.2) is 9.59 Å². The summed E-state index contributed by atoms with van der Waals surface area (Å²) in [4.78, 5) is 42.2. The number of alkyl carbamates (subject to hydrolysis) is 1. The SMILES string of the molecule is COC(=O)[C@H](Cc1ccc(Oc2ccc(C#N)cc2)cc1)NC(=O)[C@H](Cc1c[nH]c2ccccc12)NC(=O)OC(C)(C)C. The zero-order chi connectivity index (χ0) is 31.0. The van der Waals surface area contributed by atoms with Gasteiger partial charge in [-0.05, 0) is 74.4 Å². The molecule has 43 heavy (non-hydrogen) atoms. The first-order valence-electron chi connectivity index (χ1n) is 13.7. The summed E-state index contributed by atoms with van der Waals surface area (Å²) >= 11 is 0. The molecule has 0 aliphatic heterocycles. The van der Waals surface area contributed by atoms with Crippen molar-refractivity contribution in [3.63, 3.8) is 0 Å². The molecular formula is C33H34N4O6. The molecule has 0 saturated carbocycles. The fourth-order valence-electron chi connectivity index (χ4n) is 4.45. The van der Waals surface area contributed by atoms with Gasteiger partial charge >= 0.3 is 12.1 Å². The highest BCUT2D eigenvalue weighted by atomic mass is 16.6. The third-order valence-corrected chi connectivity index (χ3v) is 6.49. The van der Waals surface area contributed by atoms with Crippen molar-refractivity contribution < 1.29 is 28.6 Å². The Kier molecular flexibility index (Phi) is 9.68. The molecule has 0 fully saturated rings. The number of nitrogens with zero attached hydrogens (tertiary/aromatic N) is 1. The van der Waals surface area contributed by atoms with Crippen LogP contribution < -0.4 is 15.4 Å². The Morgan fingerprint density at radius 3 is 2.16 bits per heavy atom. The molecule has 0 radical (unpaired) electrons. The van der Waals surface area contributed by atoms with Crippen LogP contribution >= 0.6 is 0 Å². The van der Waals surface area contributed by atoms with Gasteiger partial charge in [-0.2, -0.15) is 5.26 Å². The number of carbonyl (C=O) groups is 3. The Hall–Kier alpha value is -5.30. The number of amides is 2. The molecule has 2 amide bonds. The second-order valence-electron chi connectivity index (χ2n) is 10.9. The Morgan fingerprint density at radius 1 is 0.884 bits per heavy atom. The summed E-state index contributed by atoms with van der Waals surface area (Å²) in [5.41, 5.74) is 2.23. The van der Waals surface area contributed by atoms with E-state index < -0.39 is 35.7 Å². The van der Waals surface area contributed by atoms with E-state index in [0.29, 0.717) is 17.1 Å². The Labute approximate surface area is 249 Å². The number of hydrogen-bond donors (Lipinski definition) is 3. The molecule has 1 heterocycles. The zero-order valence-electron chi connectivity index (χ0n) is 24.5. The Balaban J connectivity index is 1.49. The number of nitrogens with one attached hydrogen (secondary N) is 3. The van der Waals surface area contributed by atoms with E-state index in [1.165, 1.54) is 7.11 Å². The van der Waals surface area contributed by atoms with Gasteiger partial charge in [-0.15, -0.1) is 0 Å². The first kappa shape index (κ1) is 30.7. The second-order valence-corrected chi connectivity index (χ2v) is 10.9. The average molecular weight is 583 g/mol. The van der Waals surface area contributed by atoms with Crippen LogP contribution in [0.15, 0.2) is 79.0 Å². The van der Waals surface area contributed by atoms with E-state index in [1.807, 2.05) is 24.3 Å². The van der Waals surface area contributed by atoms with Crippen molar-refractivity contribution in [2.24, 2.45) is 0 Å². The van der Waals surface area contributed by atoms with Gasteiger partial charge in [0.1, 0.15) is 29.2 Å². The molecule has 3 aromatic carbocycles. The zero-order valence-corrected chi connectivity index (χ0v) is 24.5. The van der Waals surface area contributed by atoms with Crippen LogP contribution in [0, 0.1) is 11.3 Å². The molecule has 0 spiro atoms. The summed E-state index contributed by atoms with van der Waals surface area (Å²) in [6.07, 6.45) is 1.34. The first-order chi connectivity index (χ1) is 20.5. The van der Waals surface area contributed by atoms with Gasteiger partial charge < -0.3 is 29.8 Å². The molecule has 2 atom stereocenters. The van der Waals surface area contributed by atoms with Crippen LogP contribution in [0.1, 0.15) is 37.5 Å². The number of fused-ring (bicyclic) bond motifs is 1. The summed E-state index contributed by atoms with van der Waals surface area (Å²) in [7, 11) is 1.25. The molecule has 4 aromatic rings. The monoisotopic (exact) mass is 582 g/mol. The van der Waals surface area contributed by atoms with Crippen molar-refractivity contribution in [2.75, 3.05) is 7.11 Å². The molecule has 1 aromatic heterocycles. The molecule has 0 bridgehead atoms. The largest absolute Gasteiger partial charge is 0.467 e. The number of hydrogen-bond acceptors (Lipinski definition) is 7. The van der Waals surface area contributed by atoms with Crippen molar-refractivity contribution in [1.29, 1.82) is 5.26 Å². The topological polar surface area (TPSA) is 143 Å². The molecule has 10 heteroatoms. The third kappa shape index (κ3) is 8.60. The summed E-state index contributed by atoms with van der Waals surface area (Å²) in [5.74, 6) is -0.0562. The van der Waals surface area contributed by atoms with Crippen LogP contribution in [-0.2, 0) is 31.9 Å². The fourth-order valence-corrected chi connectivity index (χ4v) is 4.45. The normalized spacial score (nSPS) is 12.4. The van der Waals surface area contributed by atoms with E-state index in [-0.39, 0.29) is 12.8 Å². The molecular weight excluding hydrogens is 548 g/mol. The van der Waals surface area contributed by atoms with Gasteiger partial charge in [0, 0.05) is 29.9 Å². The van der Waals surface area contributed by atoms with E-state index in [4.69, 9.17) is 19.5 Å². The highest BCUT2D eigenvalue weighted by molar-refractivity contribution is 5.91. The standard InChI is InChI=1S/C33H34N4O6/c1-33(2,3)43-32(40)37-28(18-23-20-35-27-8-6-5-7-26(23)27)30(38)36-29(31(39)41-4)17-21-9-13-24(14-10-21)42-25-15-11-22(19-34)12-16-25/h5-16,20,28-29,35H,17-18H2,1-4H3,(H,36,38)(H,37,40)/t28-,29-/m0/s1. The predicted octanol–water partition coefficient (Wildman–Crippen LogP) is 5.17. The number of ether oxygens (including phenoxy) is 3. The van der Waals surface area contributed by atoms with Crippen LogP contribution in [0.3, 0.4) is 0 Å². The van der Waals surface area contributed by atoms with Crippen LogP contribution in [-0.4, -0.2) is 47.7 Å². The number of benzene rings is 3. The Morgan fingerprint density at radius 2 is 1.53 bits per heavy atom. The minimum absolute atomic E-state index is 0.141. The van der Waals surface area contributed by atoms with E-state index in [2.05, 4.69) is 21.7 Å². The maximum absolute atomic E-state index is 13.6. The summed E-state index contributed by atoms with van der Waals surface area (Å²) in [5, 5.41) is 15.3. The lowest BCUT2D eigenvalue weighted by Crippen LogP contribution is -2.53.